The molecule has 0 aromatic carbocycles. The summed E-state index contributed by atoms with van der Waals surface area (Å²) in [6.45, 7) is 4.13. The predicted molar refractivity (Wildman–Crippen MR) is 73.3 cm³/mol. The highest BCUT2D eigenvalue weighted by Crippen LogP contribution is 2.42. The van der Waals surface area contributed by atoms with Gasteiger partial charge in [0.25, 0.3) is 5.91 Å². The summed E-state index contributed by atoms with van der Waals surface area (Å²) in [4.78, 5) is 14.7. The second kappa shape index (κ2) is 4.32. The maximum Gasteiger partial charge on any atom is 0.254 e. The molecule has 1 aliphatic carbocycles. The smallest absolute Gasteiger partial charge is 0.254 e. The minimum Gasteiger partial charge on any atom is -0.365 e. The third kappa shape index (κ3) is 1.87. The number of nitrogens with one attached hydrogen (secondary N) is 1. The Labute approximate surface area is 118 Å². The van der Waals surface area contributed by atoms with Crippen LogP contribution in [-0.4, -0.2) is 39.8 Å². The Morgan fingerprint density at radius 1 is 1.50 bits per heavy atom. The number of carbonyl (C=O) groups is 1. The summed E-state index contributed by atoms with van der Waals surface area (Å²) in [6.07, 6.45) is 5.20. The van der Waals surface area contributed by atoms with Crippen LogP contribution < -0.4 is 0 Å². The zero-order valence-corrected chi connectivity index (χ0v) is 11.9. The lowest BCUT2D eigenvalue weighted by Gasteiger charge is -2.33. The van der Waals surface area contributed by atoms with Crippen LogP contribution in [0.3, 0.4) is 0 Å². The van der Waals surface area contributed by atoms with Gasteiger partial charge in [-0.2, -0.15) is 5.10 Å². The van der Waals surface area contributed by atoms with E-state index in [0.29, 0.717) is 19.1 Å². The van der Waals surface area contributed by atoms with Gasteiger partial charge in [0.05, 0.1) is 5.69 Å². The number of amides is 1. The van der Waals surface area contributed by atoms with Crippen molar-refractivity contribution in [2.75, 3.05) is 13.2 Å². The van der Waals surface area contributed by atoms with Gasteiger partial charge >= 0.3 is 0 Å². The second-order valence-electron chi connectivity index (χ2n) is 6.50. The van der Waals surface area contributed by atoms with Crippen LogP contribution in [0.1, 0.15) is 55.5 Å². The van der Waals surface area contributed by atoms with E-state index in [1.165, 1.54) is 29.8 Å². The molecule has 1 N–H and O–H groups in total. The molecule has 0 spiro atoms. The van der Waals surface area contributed by atoms with Gasteiger partial charge in [0.1, 0.15) is 5.60 Å². The molecule has 5 nitrogen and oxygen atoms in total. The molecule has 1 aromatic heterocycles. The van der Waals surface area contributed by atoms with Gasteiger partial charge in [-0.05, 0) is 32.6 Å². The average Bonchev–Trinajstić information content (AvgIpc) is 3.06. The number of carbonyl (C=O) groups excluding carboxylic acids is 1. The lowest BCUT2D eigenvalue weighted by molar-refractivity contribution is -0.152. The van der Waals surface area contributed by atoms with Crippen molar-refractivity contribution in [3.05, 3.63) is 17.0 Å². The van der Waals surface area contributed by atoms with Gasteiger partial charge in [-0.25, -0.2) is 0 Å². The molecule has 0 radical (unpaired) electrons. The lowest BCUT2D eigenvalue weighted by atomic mass is 9.97. The second-order valence-corrected chi connectivity index (χ2v) is 6.50. The number of nitrogens with zero attached hydrogens (tertiary/aromatic N) is 2. The Bertz CT molecular complexity index is 541. The van der Waals surface area contributed by atoms with Gasteiger partial charge in [0.15, 0.2) is 0 Å². The van der Waals surface area contributed by atoms with Gasteiger partial charge in [-0.15, -0.1) is 0 Å². The van der Waals surface area contributed by atoms with E-state index < -0.39 is 5.60 Å². The van der Waals surface area contributed by atoms with Crippen LogP contribution >= 0.6 is 0 Å². The molecule has 1 atom stereocenters. The first-order valence-electron chi connectivity index (χ1n) is 7.67. The fourth-order valence-corrected chi connectivity index (χ4v) is 3.47. The summed E-state index contributed by atoms with van der Waals surface area (Å²) in [7, 11) is 0. The first-order chi connectivity index (χ1) is 9.67. The van der Waals surface area contributed by atoms with Crippen LogP contribution in [-0.2, 0) is 22.5 Å². The highest BCUT2D eigenvalue weighted by atomic mass is 16.5. The lowest BCUT2D eigenvalue weighted by Crippen LogP contribution is -2.48. The molecule has 1 unspecified atom stereocenters. The first kappa shape index (κ1) is 12.4. The van der Waals surface area contributed by atoms with Gasteiger partial charge in [-0.1, -0.05) is 0 Å². The maximum absolute atomic E-state index is 12.7. The zero-order valence-electron chi connectivity index (χ0n) is 11.9. The highest BCUT2D eigenvalue weighted by molar-refractivity contribution is 5.85. The number of hydrogen-bond donors (Lipinski definition) is 1. The molecular weight excluding hydrogens is 254 g/mol. The Balaban J connectivity index is 1.56. The zero-order chi connectivity index (χ0) is 13.7. The number of hydrogen-bond acceptors (Lipinski definition) is 3. The average molecular weight is 275 g/mol. The van der Waals surface area contributed by atoms with Crippen molar-refractivity contribution in [3.63, 3.8) is 0 Å². The van der Waals surface area contributed by atoms with Crippen molar-refractivity contribution in [1.29, 1.82) is 0 Å². The van der Waals surface area contributed by atoms with Crippen molar-refractivity contribution >= 4 is 5.91 Å². The number of aromatic nitrogens is 2. The Hall–Kier alpha value is -1.36. The Kier molecular flexibility index (Phi) is 2.67. The molecule has 20 heavy (non-hydrogen) atoms. The third-order valence-electron chi connectivity index (χ3n) is 4.89. The van der Waals surface area contributed by atoms with E-state index in [0.717, 1.165) is 25.8 Å². The molecule has 2 fully saturated rings. The van der Waals surface area contributed by atoms with E-state index in [4.69, 9.17) is 4.74 Å². The number of ether oxygens (including phenoxy) is 1. The molecule has 3 aliphatic rings. The minimum absolute atomic E-state index is 0.156. The summed E-state index contributed by atoms with van der Waals surface area (Å²) >= 11 is 0. The Morgan fingerprint density at radius 3 is 3.05 bits per heavy atom. The topological polar surface area (TPSA) is 58.2 Å². The number of rotatable bonds is 2. The molecule has 1 amide bonds. The number of aromatic amines is 1. The van der Waals surface area contributed by atoms with Gasteiger partial charge in [0, 0.05) is 43.3 Å². The van der Waals surface area contributed by atoms with Crippen LogP contribution in [0.25, 0.3) is 0 Å². The predicted octanol–water partition coefficient (Wildman–Crippen LogP) is 1.74. The van der Waals surface area contributed by atoms with E-state index in [1.807, 2.05) is 11.8 Å². The molecule has 1 saturated carbocycles. The molecule has 2 aliphatic heterocycles. The van der Waals surface area contributed by atoms with E-state index >= 15 is 0 Å². The van der Waals surface area contributed by atoms with Crippen LogP contribution in [0, 0.1) is 0 Å². The minimum atomic E-state index is -0.596. The van der Waals surface area contributed by atoms with Crippen molar-refractivity contribution in [2.45, 2.75) is 57.1 Å². The molecule has 1 saturated heterocycles. The van der Waals surface area contributed by atoms with E-state index in [1.54, 1.807) is 0 Å². The Morgan fingerprint density at radius 2 is 2.35 bits per heavy atom. The summed E-state index contributed by atoms with van der Waals surface area (Å²) in [5, 5.41) is 7.64. The van der Waals surface area contributed by atoms with Crippen LogP contribution in [0.4, 0.5) is 0 Å². The van der Waals surface area contributed by atoms with Crippen LogP contribution in [0.2, 0.25) is 0 Å². The van der Waals surface area contributed by atoms with Gasteiger partial charge < -0.3 is 9.64 Å². The van der Waals surface area contributed by atoms with E-state index in [-0.39, 0.29) is 5.91 Å². The molecule has 4 rings (SSSR count). The van der Waals surface area contributed by atoms with Gasteiger partial charge in [0.2, 0.25) is 0 Å². The quantitative estimate of drug-likeness (QED) is 0.894. The summed E-state index contributed by atoms with van der Waals surface area (Å²) in [5.74, 6) is 0.784. The fraction of sp³-hybridized carbons (Fsp3) is 0.733. The van der Waals surface area contributed by atoms with Crippen LogP contribution in [0.15, 0.2) is 0 Å². The molecule has 3 heterocycles. The van der Waals surface area contributed by atoms with E-state index in [9.17, 15) is 4.79 Å². The standard InChI is InChI=1S/C15H21N3O2/c1-15(6-2-8-20-15)14(19)18-7-5-12-11(9-18)13(17-16-12)10-3-4-10/h10H,2-9H2,1H3,(H,16,17). The molecule has 108 valence electrons. The fourth-order valence-electron chi connectivity index (χ4n) is 3.47. The van der Waals surface area contributed by atoms with Crippen LogP contribution in [0.5, 0.6) is 0 Å². The van der Waals surface area contributed by atoms with Crippen molar-refractivity contribution in [2.24, 2.45) is 0 Å². The monoisotopic (exact) mass is 275 g/mol. The first-order valence-corrected chi connectivity index (χ1v) is 7.67. The summed E-state index contributed by atoms with van der Waals surface area (Å²) in [6, 6.07) is 0. The molecule has 1 aromatic rings. The molecular formula is C15H21N3O2. The normalized spacial score (nSPS) is 29.6. The summed E-state index contributed by atoms with van der Waals surface area (Å²) < 4.78 is 5.70. The highest BCUT2D eigenvalue weighted by Gasteiger charge is 2.42. The molecule has 0 bridgehead atoms. The number of fused-ring (bicyclic) bond motifs is 1. The molecule has 5 heteroatoms. The number of H-pyrrole nitrogens is 1. The van der Waals surface area contributed by atoms with Gasteiger partial charge in [-0.3, -0.25) is 9.89 Å². The van der Waals surface area contributed by atoms with Crippen molar-refractivity contribution in [1.82, 2.24) is 15.1 Å². The maximum atomic E-state index is 12.7. The summed E-state index contributed by atoms with van der Waals surface area (Å²) in [5.41, 5.74) is 3.11. The van der Waals surface area contributed by atoms with Crippen molar-refractivity contribution in [3.8, 4) is 0 Å². The van der Waals surface area contributed by atoms with Crippen molar-refractivity contribution < 1.29 is 9.53 Å². The SMILES string of the molecule is CC1(C(=O)N2CCc3[nH]nc(C4CC4)c3C2)CCCO1. The van der Waals surface area contributed by atoms with E-state index in [2.05, 4.69) is 10.2 Å². The third-order valence-corrected chi connectivity index (χ3v) is 4.89. The largest absolute Gasteiger partial charge is 0.365 e.